The van der Waals surface area contributed by atoms with Crippen LogP contribution in [0, 0.1) is 0 Å². The number of halogens is 1. The van der Waals surface area contributed by atoms with Crippen molar-refractivity contribution in [3.05, 3.63) is 0 Å². The number of carbonyl (C=O) groups is 1. The molecule has 0 saturated heterocycles. The summed E-state index contributed by atoms with van der Waals surface area (Å²) in [6.45, 7) is 0.185. The minimum Gasteiger partial charge on any atom is -0.480 e. The minimum atomic E-state index is -0.732. The molecule has 0 aromatic heterocycles. The monoisotopic (exact) mass is 165 g/mol. The summed E-state index contributed by atoms with van der Waals surface area (Å²) >= 11 is 0. The standard InChI is InChI=1S/C6H11NO2.ClH/c1-7(4-6(8)9)5-2-3-5;/h5H,2-4H2,1H3,(H,8,9);1H. The number of hydrogen-bond donors (Lipinski definition) is 1. The normalized spacial score (nSPS) is 16.6. The molecule has 0 aromatic carbocycles. The summed E-state index contributed by atoms with van der Waals surface area (Å²) in [6.07, 6.45) is 2.34. The molecular weight excluding hydrogens is 154 g/mol. The zero-order valence-electron chi connectivity index (χ0n) is 5.91. The second kappa shape index (κ2) is 3.78. The van der Waals surface area contributed by atoms with Gasteiger partial charge in [0, 0.05) is 6.04 Å². The largest absolute Gasteiger partial charge is 0.480 e. The van der Waals surface area contributed by atoms with Crippen molar-refractivity contribution < 1.29 is 9.90 Å². The second-order valence-electron chi connectivity index (χ2n) is 2.54. The lowest BCUT2D eigenvalue weighted by atomic mass is 10.5. The molecule has 1 fully saturated rings. The Balaban J connectivity index is 0.000000810. The third-order valence-electron chi connectivity index (χ3n) is 1.55. The van der Waals surface area contributed by atoms with Gasteiger partial charge in [0.05, 0.1) is 6.54 Å². The molecule has 60 valence electrons. The van der Waals surface area contributed by atoms with Crippen LogP contribution in [0.25, 0.3) is 0 Å². The van der Waals surface area contributed by atoms with Gasteiger partial charge in [-0.05, 0) is 19.9 Å². The van der Waals surface area contributed by atoms with Gasteiger partial charge in [-0.3, -0.25) is 9.69 Å². The van der Waals surface area contributed by atoms with Gasteiger partial charge < -0.3 is 5.11 Å². The van der Waals surface area contributed by atoms with Gasteiger partial charge in [0.15, 0.2) is 0 Å². The van der Waals surface area contributed by atoms with E-state index in [4.69, 9.17) is 5.11 Å². The summed E-state index contributed by atoms with van der Waals surface area (Å²) in [6, 6.07) is 0.557. The molecule has 0 amide bonds. The van der Waals surface area contributed by atoms with Gasteiger partial charge in [-0.2, -0.15) is 0 Å². The van der Waals surface area contributed by atoms with Gasteiger partial charge in [0.25, 0.3) is 0 Å². The fourth-order valence-electron chi connectivity index (χ4n) is 0.858. The number of nitrogens with zero attached hydrogens (tertiary/aromatic N) is 1. The maximum atomic E-state index is 10.1. The molecular formula is C6H12ClNO2. The van der Waals surface area contributed by atoms with Crippen LogP contribution >= 0.6 is 12.4 Å². The van der Waals surface area contributed by atoms with E-state index in [0.717, 1.165) is 0 Å². The predicted molar refractivity (Wildman–Crippen MR) is 40.5 cm³/mol. The molecule has 0 heterocycles. The van der Waals surface area contributed by atoms with E-state index in [1.807, 2.05) is 11.9 Å². The van der Waals surface area contributed by atoms with E-state index in [1.165, 1.54) is 12.8 Å². The summed E-state index contributed by atoms with van der Waals surface area (Å²) in [5, 5.41) is 8.32. The fourth-order valence-corrected chi connectivity index (χ4v) is 0.858. The molecule has 10 heavy (non-hydrogen) atoms. The second-order valence-corrected chi connectivity index (χ2v) is 2.54. The van der Waals surface area contributed by atoms with Crippen LogP contribution in [-0.2, 0) is 4.79 Å². The molecule has 0 radical (unpaired) electrons. The highest BCUT2D eigenvalue weighted by Gasteiger charge is 2.26. The Kier molecular flexibility index (Phi) is 3.68. The maximum absolute atomic E-state index is 10.1. The highest BCUT2D eigenvalue weighted by molar-refractivity contribution is 5.85. The van der Waals surface area contributed by atoms with E-state index in [1.54, 1.807) is 0 Å². The van der Waals surface area contributed by atoms with Crippen molar-refractivity contribution in [2.75, 3.05) is 13.6 Å². The molecule has 1 saturated carbocycles. The predicted octanol–water partition coefficient (Wildman–Crippen LogP) is 0.587. The van der Waals surface area contributed by atoms with Gasteiger partial charge in [-0.15, -0.1) is 12.4 Å². The van der Waals surface area contributed by atoms with E-state index in [2.05, 4.69) is 0 Å². The lowest BCUT2D eigenvalue weighted by Crippen LogP contribution is -2.27. The Morgan fingerprint density at radius 3 is 2.50 bits per heavy atom. The lowest BCUT2D eigenvalue weighted by molar-refractivity contribution is -0.138. The molecule has 0 spiro atoms. The van der Waals surface area contributed by atoms with Crippen molar-refractivity contribution >= 4 is 18.4 Å². The van der Waals surface area contributed by atoms with Crippen LogP contribution < -0.4 is 0 Å². The van der Waals surface area contributed by atoms with Gasteiger partial charge in [0.2, 0.25) is 0 Å². The zero-order chi connectivity index (χ0) is 6.85. The SMILES string of the molecule is CN(CC(=O)O)C1CC1.Cl. The number of hydrogen-bond acceptors (Lipinski definition) is 2. The minimum absolute atomic E-state index is 0. The van der Waals surface area contributed by atoms with Crippen LogP contribution in [0.3, 0.4) is 0 Å². The fraction of sp³-hybridized carbons (Fsp3) is 0.833. The third-order valence-corrected chi connectivity index (χ3v) is 1.55. The van der Waals surface area contributed by atoms with Crippen molar-refractivity contribution in [2.45, 2.75) is 18.9 Å². The molecule has 1 N–H and O–H groups in total. The van der Waals surface area contributed by atoms with E-state index < -0.39 is 5.97 Å². The Bertz CT molecular complexity index is 125. The molecule has 4 heteroatoms. The summed E-state index contributed by atoms with van der Waals surface area (Å²) in [7, 11) is 1.85. The van der Waals surface area contributed by atoms with Gasteiger partial charge >= 0.3 is 5.97 Å². The van der Waals surface area contributed by atoms with Crippen LogP contribution in [0.5, 0.6) is 0 Å². The van der Waals surface area contributed by atoms with Crippen molar-refractivity contribution in [3.8, 4) is 0 Å². The van der Waals surface area contributed by atoms with E-state index in [9.17, 15) is 4.79 Å². The van der Waals surface area contributed by atoms with E-state index in [-0.39, 0.29) is 19.0 Å². The molecule has 1 aliphatic carbocycles. The van der Waals surface area contributed by atoms with Crippen LogP contribution in [0.15, 0.2) is 0 Å². The Hall–Kier alpha value is -0.280. The summed E-state index contributed by atoms with van der Waals surface area (Å²) < 4.78 is 0. The first-order valence-corrected chi connectivity index (χ1v) is 3.12. The van der Waals surface area contributed by atoms with Crippen LogP contribution in [0.4, 0.5) is 0 Å². The lowest BCUT2D eigenvalue weighted by Gasteiger charge is -2.10. The Labute approximate surface area is 66.4 Å². The van der Waals surface area contributed by atoms with E-state index in [0.29, 0.717) is 6.04 Å². The molecule has 0 aliphatic heterocycles. The van der Waals surface area contributed by atoms with Crippen molar-refractivity contribution in [1.29, 1.82) is 0 Å². The molecule has 3 nitrogen and oxygen atoms in total. The molecule has 1 rings (SSSR count). The summed E-state index contributed by atoms with van der Waals surface area (Å²) in [5.74, 6) is -0.732. The Morgan fingerprint density at radius 2 is 2.20 bits per heavy atom. The number of likely N-dealkylation sites (N-methyl/N-ethyl adjacent to an activating group) is 1. The highest BCUT2D eigenvalue weighted by Crippen LogP contribution is 2.24. The smallest absolute Gasteiger partial charge is 0.317 e. The zero-order valence-corrected chi connectivity index (χ0v) is 6.73. The molecule has 0 unspecified atom stereocenters. The Morgan fingerprint density at radius 1 is 1.70 bits per heavy atom. The maximum Gasteiger partial charge on any atom is 0.317 e. The number of rotatable bonds is 3. The molecule has 0 atom stereocenters. The van der Waals surface area contributed by atoms with Gasteiger partial charge in [-0.1, -0.05) is 0 Å². The van der Waals surface area contributed by atoms with Crippen LogP contribution in [-0.4, -0.2) is 35.6 Å². The van der Waals surface area contributed by atoms with Crippen molar-refractivity contribution in [1.82, 2.24) is 4.90 Å². The first-order chi connectivity index (χ1) is 4.20. The first-order valence-electron chi connectivity index (χ1n) is 3.12. The van der Waals surface area contributed by atoms with Gasteiger partial charge in [-0.25, -0.2) is 0 Å². The summed E-state index contributed by atoms with van der Waals surface area (Å²) in [4.78, 5) is 12.0. The first kappa shape index (κ1) is 9.72. The number of aliphatic carboxylic acids is 1. The van der Waals surface area contributed by atoms with Crippen molar-refractivity contribution in [3.63, 3.8) is 0 Å². The van der Waals surface area contributed by atoms with E-state index >= 15 is 0 Å². The quantitative estimate of drug-likeness (QED) is 0.666. The average molecular weight is 166 g/mol. The van der Waals surface area contributed by atoms with Gasteiger partial charge in [0.1, 0.15) is 0 Å². The summed E-state index contributed by atoms with van der Waals surface area (Å²) in [5.41, 5.74) is 0. The van der Waals surface area contributed by atoms with Crippen LogP contribution in [0.2, 0.25) is 0 Å². The number of carboxylic acid groups (broad SMARTS) is 1. The highest BCUT2D eigenvalue weighted by atomic mass is 35.5. The molecule has 0 bridgehead atoms. The number of carboxylic acids is 1. The third kappa shape index (κ3) is 3.03. The van der Waals surface area contributed by atoms with Crippen molar-refractivity contribution in [2.24, 2.45) is 0 Å². The molecule has 1 aliphatic rings. The van der Waals surface area contributed by atoms with Crippen LogP contribution in [0.1, 0.15) is 12.8 Å². The molecule has 0 aromatic rings. The topological polar surface area (TPSA) is 40.5 Å². The average Bonchev–Trinajstić information content (AvgIpc) is 2.40.